The molecule has 1 amide bonds. The second-order valence-corrected chi connectivity index (χ2v) is 9.13. The Hall–Kier alpha value is -1.34. The Bertz CT molecular complexity index is 769. The number of hydrogen-bond acceptors (Lipinski definition) is 5. The highest BCUT2D eigenvalue weighted by atomic mass is 32.2. The summed E-state index contributed by atoms with van der Waals surface area (Å²) in [5.41, 5.74) is 1.65. The molecule has 0 spiro atoms. The van der Waals surface area contributed by atoms with Gasteiger partial charge in [0.25, 0.3) is 0 Å². The average molecular weight is 378 g/mol. The molecule has 0 radical (unpaired) electrons. The van der Waals surface area contributed by atoms with E-state index in [0.717, 1.165) is 16.1 Å². The summed E-state index contributed by atoms with van der Waals surface area (Å²) < 4.78 is 13.0. The molecule has 6 heteroatoms. The number of carbonyl (C=O) groups is 1. The van der Waals surface area contributed by atoms with E-state index < -0.39 is 11.4 Å². The van der Waals surface area contributed by atoms with Crippen molar-refractivity contribution < 1.29 is 14.3 Å². The largest absolute Gasteiger partial charge is 0.347 e. The minimum Gasteiger partial charge on any atom is -0.347 e. The number of hydrogen-bond donors (Lipinski definition) is 0. The van der Waals surface area contributed by atoms with Crippen molar-refractivity contribution in [3.63, 3.8) is 0 Å². The Morgan fingerprint density at radius 3 is 2.48 bits per heavy atom. The Kier molecular flexibility index (Phi) is 4.99. The summed E-state index contributed by atoms with van der Waals surface area (Å²) in [6.07, 6.45) is 0. The zero-order valence-corrected chi connectivity index (χ0v) is 16.8. The minimum absolute atomic E-state index is 0.0262. The van der Waals surface area contributed by atoms with Gasteiger partial charge in [0.15, 0.2) is 5.79 Å². The quantitative estimate of drug-likeness (QED) is 0.761. The van der Waals surface area contributed by atoms with Crippen molar-refractivity contribution in [1.82, 2.24) is 0 Å². The maximum absolute atomic E-state index is 11.4. The molecule has 2 aromatic rings. The molecule has 0 unspecified atom stereocenters. The van der Waals surface area contributed by atoms with Crippen LogP contribution in [0.3, 0.4) is 0 Å². The van der Waals surface area contributed by atoms with Gasteiger partial charge in [-0.25, -0.2) is 0 Å². The van der Waals surface area contributed by atoms with Crippen molar-refractivity contribution in [2.24, 2.45) is 0 Å². The summed E-state index contributed by atoms with van der Waals surface area (Å²) in [5, 5.41) is 2.14. The first kappa shape index (κ1) is 18.5. The number of benzene rings is 1. The van der Waals surface area contributed by atoms with E-state index in [2.05, 4.69) is 18.4 Å². The molecule has 2 heterocycles. The number of amides is 1. The summed E-state index contributed by atoms with van der Waals surface area (Å²) >= 11 is 3.42. The van der Waals surface area contributed by atoms with Crippen LogP contribution >= 0.6 is 23.1 Å². The van der Waals surface area contributed by atoms with Gasteiger partial charge in [0.05, 0.1) is 10.8 Å². The molecule has 1 aromatic heterocycles. The van der Waals surface area contributed by atoms with Gasteiger partial charge < -0.3 is 14.4 Å². The lowest BCUT2D eigenvalue weighted by Gasteiger charge is -2.24. The standard InChI is InChI=1S/C19H23NO3S2/c1-13(21)20(5)15-6-8-16(9-7-15)25-17-10-14(11-24-17)19(4)12-22-18(2,3)23-19/h6-11H,12H2,1-5H3/t19-/m0/s1. The maximum Gasteiger partial charge on any atom is 0.223 e. The van der Waals surface area contributed by atoms with E-state index in [-0.39, 0.29) is 5.91 Å². The molecule has 1 aromatic carbocycles. The summed E-state index contributed by atoms with van der Waals surface area (Å²) in [6.45, 7) is 8.09. The number of nitrogens with zero attached hydrogens (tertiary/aromatic N) is 1. The van der Waals surface area contributed by atoms with E-state index in [4.69, 9.17) is 9.47 Å². The van der Waals surface area contributed by atoms with Crippen molar-refractivity contribution >= 4 is 34.7 Å². The molecule has 1 atom stereocenters. The number of rotatable bonds is 4. The van der Waals surface area contributed by atoms with Crippen LogP contribution in [0.5, 0.6) is 0 Å². The summed E-state index contributed by atoms with van der Waals surface area (Å²) in [5.74, 6) is -0.513. The van der Waals surface area contributed by atoms with Crippen LogP contribution in [0.4, 0.5) is 5.69 Å². The number of thiophene rings is 1. The van der Waals surface area contributed by atoms with Crippen molar-refractivity contribution in [3.05, 3.63) is 41.3 Å². The number of anilines is 1. The van der Waals surface area contributed by atoms with Gasteiger partial charge in [-0.1, -0.05) is 11.8 Å². The summed E-state index contributed by atoms with van der Waals surface area (Å²) in [4.78, 5) is 14.2. The summed E-state index contributed by atoms with van der Waals surface area (Å²) in [6, 6.07) is 10.2. The van der Waals surface area contributed by atoms with Crippen LogP contribution in [0.2, 0.25) is 0 Å². The van der Waals surface area contributed by atoms with E-state index in [1.54, 1.807) is 42.0 Å². The van der Waals surface area contributed by atoms with Gasteiger partial charge in [0.2, 0.25) is 5.91 Å². The first-order valence-corrected chi connectivity index (χ1v) is 9.83. The summed E-state index contributed by atoms with van der Waals surface area (Å²) in [7, 11) is 1.78. The highest BCUT2D eigenvalue weighted by molar-refractivity contribution is 8.01. The molecule has 134 valence electrons. The fourth-order valence-corrected chi connectivity index (χ4v) is 4.81. The van der Waals surface area contributed by atoms with Crippen molar-refractivity contribution in [1.29, 1.82) is 0 Å². The predicted octanol–water partition coefficient (Wildman–Crippen LogP) is 4.88. The Morgan fingerprint density at radius 2 is 1.92 bits per heavy atom. The van der Waals surface area contributed by atoms with Gasteiger partial charge in [-0.15, -0.1) is 11.3 Å². The average Bonchev–Trinajstić information content (AvgIpc) is 3.12. The lowest BCUT2D eigenvalue weighted by molar-refractivity contribution is -0.159. The van der Waals surface area contributed by atoms with E-state index in [1.165, 1.54) is 4.21 Å². The second kappa shape index (κ2) is 6.76. The SMILES string of the molecule is CC(=O)N(C)c1ccc(Sc2cc([C@]3(C)COC(C)(C)O3)cs2)cc1. The first-order chi connectivity index (χ1) is 11.7. The van der Waals surface area contributed by atoms with Gasteiger partial charge in [-0.3, -0.25) is 4.79 Å². The molecule has 1 aliphatic rings. The molecule has 25 heavy (non-hydrogen) atoms. The van der Waals surface area contributed by atoms with E-state index in [0.29, 0.717) is 6.61 Å². The van der Waals surface area contributed by atoms with Gasteiger partial charge in [-0.05, 0) is 62.0 Å². The Labute approximate surface area is 157 Å². The molecule has 4 nitrogen and oxygen atoms in total. The fourth-order valence-electron chi connectivity index (χ4n) is 2.74. The zero-order chi connectivity index (χ0) is 18.2. The maximum atomic E-state index is 11.4. The molecule has 0 bridgehead atoms. The Balaban J connectivity index is 1.71. The highest BCUT2D eigenvalue weighted by Gasteiger charge is 2.43. The van der Waals surface area contributed by atoms with Crippen molar-refractivity contribution in [3.8, 4) is 0 Å². The lowest BCUT2D eigenvalue weighted by Crippen LogP contribution is -2.27. The topological polar surface area (TPSA) is 38.8 Å². The highest BCUT2D eigenvalue weighted by Crippen LogP contribution is 2.42. The third-order valence-electron chi connectivity index (χ3n) is 4.27. The molecule has 0 N–H and O–H groups in total. The fraction of sp³-hybridized carbons (Fsp3) is 0.421. The molecule has 3 rings (SSSR count). The van der Waals surface area contributed by atoms with E-state index in [1.807, 2.05) is 38.1 Å². The molecule has 0 saturated carbocycles. The van der Waals surface area contributed by atoms with Gasteiger partial charge in [0.1, 0.15) is 5.60 Å². The van der Waals surface area contributed by atoms with Crippen LogP contribution in [0.15, 0.2) is 44.8 Å². The third-order valence-corrected chi connectivity index (χ3v) is 6.35. The normalized spacial score (nSPS) is 22.1. The zero-order valence-electron chi connectivity index (χ0n) is 15.2. The first-order valence-electron chi connectivity index (χ1n) is 8.14. The molecule has 1 fully saturated rings. The molecule has 1 saturated heterocycles. The monoisotopic (exact) mass is 377 g/mol. The van der Waals surface area contributed by atoms with Crippen LogP contribution < -0.4 is 4.90 Å². The smallest absolute Gasteiger partial charge is 0.223 e. The van der Waals surface area contributed by atoms with Crippen LogP contribution in [0.1, 0.15) is 33.3 Å². The van der Waals surface area contributed by atoms with Crippen LogP contribution in [0.25, 0.3) is 0 Å². The van der Waals surface area contributed by atoms with Crippen LogP contribution in [0, 0.1) is 0 Å². The van der Waals surface area contributed by atoms with Crippen LogP contribution in [-0.4, -0.2) is 25.3 Å². The lowest BCUT2D eigenvalue weighted by atomic mass is 10.0. The van der Waals surface area contributed by atoms with Gasteiger partial charge >= 0.3 is 0 Å². The molecular formula is C19H23NO3S2. The van der Waals surface area contributed by atoms with Gasteiger partial charge in [-0.2, -0.15) is 0 Å². The minimum atomic E-state index is -0.539. The Morgan fingerprint density at radius 1 is 1.24 bits per heavy atom. The molecule has 1 aliphatic heterocycles. The molecular weight excluding hydrogens is 354 g/mol. The van der Waals surface area contributed by atoms with Crippen LogP contribution in [-0.2, 0) is 19.9 Å². The van der Waals surface area contributed by atoms with Gasteiger partial charge in [0, 0.05) is 24.6 Å². The third kappa shape index (κ3) is 4.08. The predicted molar refractivity (Wildman–Crippen MR) is 102 cm³/mol. The number of ether oxygens (including phenoxy) is 2. The number of carbonyl (C=O) groups excluding carboxylic acids is 1. The van der Waals surface area contributed by atoms with E-state index >= 15 is 0 Å². The van der Waals surface area contributed by atoms with Crippen molar-refractivity contribution in [2.75, 3.05) is 18.6 Å². The second-order valence-electron chi connectivity index (χ2n) is 6.85. The molecule has 0 aliphatic carbocycles. The van der Waals surface area contributed by atoms with Crippen molar-refractivity contribution in [2.45, 2.75) is 48.2 Å². The van der Waals surface area contributed by atoms with E-state index in [9.17, 15) is 4.79 Å².